The van der Waals surface area contributed by atoms with E-state index in [1.54, 1.807) is 6.20 Å². The second-order valence-corrected chi connectivity index (χ2v) is 3.75. The molecule has 0 atom stereocenters. The van der Waals surface area contributed by atoms with Crippen LogP contribution in [0.25, 0.3) is 0 Å². The maximum atomic E-state index is 5.69. The molecule has 15 heavy (non-hydrogen) atoms. The van der Waals surface area contributed by atoms with Crippen molar-refractivity contribution in [2.45, 2.75) is 13.8 Å². The molecular weight excluding hydrogens is 188 g/mol. The van der Waals surface area contributed by atoms with Gasteiger partial charge in [-0.2, -0.15) is 0 Å². The third-order valence-electron chi connectivity index (χ3n) is 2.49. The number of nitrogens with one attached hydrogen (secondary N) is 1. The first-order valence-corrected chi connectivity index (χ1v) is 5.28. The van der Waals surface area contributed by atoms with Crippen LogP contribution in [-0.4, -0.2) is 36.6 Å². The summed E-state index contributed by atoms with van der Waals surface area (Å²) < 4.78 is 0. The average Bonchev–Trinajstić information content (AvgIpc) is 2.23. The number of nitrogen functional groups attached to an aromatic ring is 1. The van der Waals surface area contributed by atoms with Crippen LogP contribution in [0.2, 0.25) is 0 Å². The van der Waals surface area contributed by atoms with Crippen molar-refractivity contribution in [2.75, 3.05) is 37.7 Å². The van der Waals surface area contributed by atoms with E-state index >= 15 is 0 Å². The van der Waals surface area contributed by atoms with Crippen LogP contribution in [0.15, 0.2) is 12.3 Å². The molecule has 0 saturated heterocycles. The predicted octanol–water partition coefficient (Wildman–Crippen LogP) is 1.34. The van der Waals surface area contributed by atoms with E-state index in [9.17, 15) is 0 Å². The van der Waals surface area contributed by atoms with Crippen LogP contribution in [0.3, 0.4) is 0 Å². The zero-order chi connectivity index (χ0) is 11.3. The third-order valence-corrected chi connectivity index (χ3v) is 2.49. The van der Waals surface area contributed by atoms with Crippen molar-refractivity contribution in [3.63, 3.8) is 0 Å². The van der Waals surface area contributed by atoms with Crippen LogP contribution in [0.4, 0.5) is 11.5 Å². The lowest BCUT2D eigenvalue weighted by atomic mass is 10.2. The summed E-state index contributed by atoms with van der Waals surface area (Å²) in [5, 5.41) is 3.27. The van der Waals surface area contributed by atoms with Crippen molar-refractivity contribution in [1.29, 1.82) is 0 Å². The molecule has 0 amide bonds. The molecule has 0 aliphatic carbocycles. The van der Waals surface area contributed by atoms with E-state index in [0.29, 0.717) is 0 Å². The van der Waals surface area contributed by atoms with Crippen molar-refractivity contribution in [2.24, 2.45) is 0 Å². The molecule has 0 radical (unpaired) electrons. The predicted molar refractivity (Wildman–Crippen MR) is 65.0 cm³/mol. The van der Waals surface area contributed by atoms with Crippen LogP contribution < -0.4 is 11.1 Å². The van der Waals surface area contributed by atoms with Crippen molar-refractivity contribution < 1.29 is 0 Å². The van der Waals surface area contributed by atoms with E-state index in [-0.39, 0.29) is 0 Å². The Bertz CT molecular complexity index is 311. The molecule has 4 heteroatoms. The zero-order valence-electron chi connectivity index (χ0n) is 9.75. The van der Waals surface area contributed by atoms with Crippen LogP contribution in [0, 0.1) is 6.92 Å². The van der Waals surface area contributed by atoms with Gasteiger partial charge in [0.25, 0.3) is 0 Å². The Hall–Kier alpha value is -1.29. The Morgan fingerprint density at radius 1 is 1.53 bits per heavy atom. The van der Waals surface area contributed by atoms with E-state index in [1.165, 1.54) is 0 Å². The number of hydrogen-bond acceptors (Lipinski definition) is 4. The number of aromatic nitrogens is 1. The van der Waals surface area contributed by atoms with Gasteiger partial charge in [0.05, 0.1) is 11.9 Å². The number of hydrogen-bond donors (Lipinski definition) is 2. The molecule has 0 saturated carbocycles. The lowest BCUT2D eigenvalue weighted by Crippen LogP contribution is -2.24. The molecule has 4 nitrogen and oxygen atoms in total. The third kappa shape index (κ3) is 3.75. The second kappa shape index (κ2) is 5.56. The number of rotatable bonds is 5. The van der Waals surface area contributed by atoms with Crippen LogP contribution in [-0.2, 0) is 0 Å². The number of aryl methyl sites for hydroxylation is 1. The lowest BCUT2D eigenvalue weighted by molar-refractivity contribution is 0.367. The fourth-order valence-corrected chi connectivity index (χ4v) is 1.20. The minimum absolute atomic E-state index is 0.742. The van der Waals surface area contributed by atoms with E-state index in [0.717, 1.165) is 36.7 Å². The lowest BCUT2D eigenvalue weighted by Gasteiger charge is -2.14. The summed E-state index contributed by atoms with van der Waals surface area (Å²) >= 11 is 0. The summed E-state index contributed by atoms with van der Waals surface area (Å²) in [5.41, 5.74) is 7.50. The molecule has 0 spiro atoms. The van der Waals surface area contributed by atoms with Crippen LogP contribution in [0.5, 0.6) is 0 Å². The molecule has 3 N–H and O–H groups in total. The monoisotopic (exact) mass is 208 g/mol. The maximum absolute atomic E-state index is 5.69. The van der Waals surface area contributed by atoms with Gasteiger partial charge in [0, 0.05) is 13.1 Å². The molecule has 0 bridgehead atoms. The first-order chi connectivity index (χ1) is 7.13. The topological polar surface area (TPSA) is 54.2 Å². The highest BCUT2D eigenvalue weighted by Crippen LogP contribution is 2.12. The Labute approximate surface area is 91.5 Å². The van der Waals surface area contributed by atoms with E-state index in [2.05, 4.69) is 29.2 Å². The first-order valence-electron chi connectivity index (χ1n) is 5.28. The Balaban J connectivity index is 2.41. The summed E-state index contributed by atoms with van der Waals surface area (Å²) in [7, 11) is 2.10. The molecule has 0 aliphatic rings. The maximum Gasteiger partial charge on any atom is 0.126 e. The summed E-state index contributed by atoms with van der Waals surface area (Å²) in [5.74, 6) is 0.895. The van der Waals surface area contributed by atoms with Gasteiger partial charge in [-0.15, -0.1) is 0 Å². The molecule has 0 aromatic carbocycles. The van der Waals surface area contributed by atoms with Crippen molar-refractivity contribution in [3.8, 4) is 0 Å². The van der Waals surface area contributed by atoms with E-state index in [4.69, 9.17) is 5.73 Å². The minimum atomic E-state index is 0.742. The molecule has 1 rings (SSSR count). The minimum Gasteiger partial charge on any atom is -0.397 e. The van der Waals surface area contributed by atoms with Gasteiger partial charge in [0.15, 0.2) is 0 Å². The molecule has 1 aromatic heterocycles. The molecule has 1 heterocycles. The fourth-order valence-electron chi connectivity index (χ4n) is 1.20. The van der Waals surface area contributed by atoms with Crippen LogP contribution in [0.1, 0.15) is 12.5 Å². The second-order valence-electron chi connectivity index (χ2n) is 3.75. The highest BCUT2D eigenvalue weighted by molar-refractivity contribution is 5.50. The summed E-state index contributed by atoms with van der Waals surface area (Å²) in [6.45, 7) is 7.12. The van der Waals surface area contributed by atoms with E-state index < -0.39 is 0 Å². The highest BCUT2D eigenvalue weighted by Gasteiger charge is 1.98. The number of pyridine rings is 1. The Morgan fingerprint density at radius 3 is 2.87 bits per heavy atom. The van der Waals surface area contributed by atoms with Gasteiger partial charge in [0.1, 0.15) is 5.82 Å². The molecule has 0 aliphatic heterocycles. The fraction of sp³-hybridized carbons (Fsp3) is 0.545. The molecule has 0 unspecified atom stereocenters. The smallest absolute Gasteiger partial charge is 0.126 e. The van der Waals surface area contributed by atoms with Gasteiger partial charge in [-0.25, -0.2) is 4.98 Å². The number of nitrogens with two attached hydrogens (primary N) is 1. The van der Waals surface area contributed by atoms with Crippen molar-refractivity contribution in [3.05, 3.63) is 17.8 Å². The zero-order valence-corrected chi connectivity index (χ0v) is 9.75. The number of anilines is 2. The quantitative estimate of drug-likeness (QED) is 0.766. The highest BCUT2D eigenvalue weighted by atomic mass is 15.1. The molecule has 1 aromatic rings. The number of nitrogens with zero attached hydrogens (tertiary/aromatic N) is 2. The average molecular weight is 208 g/mol. The number of likely N-dealkylation sites (N-methyl/N-ethyl adjacent to an activating group) is 1. The summed E-state index contributed by atoms with van der Waals surface area (Å²) in [4.78, 5) is 6.45. The van der Waals surface area contributed by atoms with Gasteiger partial charge in [-0.1, -0.05) is 6.92 Å². The molecule has 0 fully saturated rings. The standard InChI is InChI=1S/C11H20N4/c1-4-15(3)6-5-13-11-7-9(2)10(12)8-14-11/h7-8H,4-6,12H2,1-3H3,(H,13,14). The first kappa shape index (κ1) is 11.8. The van der Waals surface area contributed by atoms with Crippen LogP contribution >= 0.6 is 0 Å². The van der Waals surface area contributed by atoms with Gasteiger partial charge >= 0.3 is 0 Å². The van der Waals surface area contributed by atoms with Crippen molar-refractivity contribution >= 4 is 11.5 Å². The normalized spacial score (nSPS) is 10.7. The van der Waals surface area contributed by atoms with E-state index in [1.807, 2.05) is 13.0 Å². The van der Waals surface area contributed by atoms with Gasteiger partial charge in [0.2, 0.25) is 0 Å². The Morgan fingerprint density at radius 2 is 2.27 bits per heavy atom. The van der Waals surface area contributed by atoms with Gasteiger partial charge < -0.3 is 16.0 Å². The van der Waals surface area contributed by atoms with Crippen molar-refractivity contribution in [1.82, 2.24) is 9.88 Å². The van der Waals surface area contributed by atoms with Gasteiger partial charge in [-0.05, 0) is 32.1 Å². The summed E-state index contributed by atoms with van der Waals surface area (Å²) in [6, 6.07) is 1.97. The summed E-state index contributed by atoms with van der Waals surface area (Å²) in [6.07, 6.45) is 1.70. The SMILES string of the molecule is CCN(C)CCNc1cc(C)c(N)cn1. The molecular formula is C11H20N4. The van der Waals surface area contributed by atoms with Gasteiger partial charge in [-0.3, -0.25) is 0 Å². The largest absolute Gasteiger partial charge is 0.397 e. The molecule has 84 valence electrons. The Kier molecular flexibility index (Phi) is 4.37.